The molecule has 0 amide bonds. The molecule has 0 aliphatic carbocycles. The first kappa shape index (κ1) is 7.49. The maximum absolute atomic E-state index is 3.47. The fourth-order valence-corrected chi connectivity index (χ4v) is 1.80. The van der Waals surface area contributed by atoms with Crippen LogP contribution in [-0.4, -0.2) is 32.1 Å². The van der Waals surface area contributed by atoms with E-state index in [0.717, 1.165) is 26.4 Å². The first-order valence-corrected chi connectivity index (χ1v) is 4.33. The number of nitrogens with one attached hydrogen (secondary N) is 4. The fraction of sp³-hybridized carbons (Fsp3) is 1.00. The molecule has 0 atom stereocenters. The standard InChI is InChI=1S/C7H16N4/c1-3-8-4-2-7(1)10-5-9-6-11-7/h8-11H,1-6H2. The molecule has 4 heteroatoms. The highest BCUT2D eigenvalue weighted by atomic mass is 15.3. The van der Waals surface area contributed by atoms with E-state index in [1.54, 1.807) is 0 Å². The highest BCUT2D eigenvalue weighted by Gasteiger charge is 2.31. The molecule has 0 aromatic rings. The third kappa shape index (κ3) is 1.54. The second-order valence-corrected chi connectivity index (χ2v) is 3.29. The molecule has 1 spiro atoms. The van der Waals surface area contributed by atoms with Crippen molar-refractivity contribution < 1.29 is 0 Å². The topological polar surface area (TPSA) is 48.1 Å². The van der Waals surface area contributed by atoms with Gasteiger partial charge in [-0.1, -0.05) is 0 Å². The monoisotopic (exact) mass is 156 g/mol. The Morgan fingerprint density at radius 2 is 1.45 bits per heavy atom. The molecule has 4 nitrogen and oxygen atoms in total. The lowest BCUT2D eigenvalue weighted by Crippen LogP contribution is -2.68. The van der Waals surface area contributed by atoms with Crippen LogP contribution in [0.15, 0.2) is 0 Å². The molecule has 2 fully saturated rings. The molecule has 11 heavy (non-hydrogen) atoms. The summed E-state index contributed by atoms with van der Waals surface area (Å²) in [5, 5.41) is 13.5. The van der Waals surface area contributed by atoms with Crippen LogP contribution < -0.4 is 21.3 Å². The Morgan fingerprint density at radius 3 is 2.09 bits per heavy atom. The van der Waals surface area contributed by atoms with Crippen LogP contribution in [0.1, 0.15) is 12.8 Å². The average molecular weight is 156 g/mol. The number of piperidine rings is 1. The highest BCUT2D eigenvalue weighted by molar-refractivity contribution is 4.91. The Hall–Kier alpha value is -0.160. The van der Waals surface area contributed by atoms with Crippen molar-refractivity contribution in [2.24, 2.45) is 0 Å². The average Bonchev–Trinajstić information content (AvgIpc) is 2.07. The van der Waals surface area contributed by atoms with Crippen molar-refractivity contribution in [2.45, 2.75) is 18.5 Å². The van der Waals surface area contributed by atoms with Crippen LogP contribution in [0.4, 0.5) is 0 Å². The van der Waals surface area contributed by atoms with Gasteiger partial charge in [-0.3, -0.25) is 16.0 Å². The summed E-state index contributed by atoms with van der Waals surface area (Å²) in [6.45, 7) is 4.12. The van der Waals surface area contributed by atoms with Crippen LogP contribution in [0.5, 0.6) is 0 Å². The van der Waals surface area contributed by atoms with Crippen LogP contribution in [0.3, 0.4) is 0 Å². The molecule has 0 radical (unpaired) electrons. The van der Waals surface area contributed by atoms with E-state index in [2.05, 4.69) is 21.3 Å². The fourth-order valence-electron chi connectivity index (χ4n) is 1.80. The Morgan fingerprint density at radius 1 is 0.818 bits per heavy atom. The highest BCUT2D eigenvalue weighted by Crippen LogP contribution is 2.14. The van der Waals surface area contributed by atoms with Gasteiger partial charge in [0.1, 0.15) is 0 Å². The third-order valence-electron chi connectivity index (χ3n) is 2.56. The molecule has 0 aromatic heterocycles. The van der Waals surface area contributed by atoms with E-state index in [9.17, 15) is 0 Å². The Balaban J connectivity index is 1.94. The van der Waals surface area contributed by atoms with Gasteiger partial charge in [-0.25, -0.2) is 0 Å². The van der Waals surface area contributed by atoms with Crippen molar-refractivity contribution in [3.63, 3.8) is 0 Å². The van der Waals surface area contributed by atoms with Crippen molar-refractivity contribution in [3.05, 3.63) is 0 Å². The van der Waals surface area contributed by atoms with Gasteiger partial charge < -0.3 is 5.32 Å². The number of hydrogen-bond acceptors (Lipinski definition) is 4. The third-order valence-corrected chi connectivity index (χ3v) is 2.56. The lowest BCUT2D eigenvalue weighted by atomic mass is 9.98. The van der Waals surface area contributed by atoms with Gasteiger partial charge >= 0.3 is 0 Å². The van der Waals surface area contributed by atoms with Crippen LogP contribution in [0, 0.1) is 0 Å². The second-order valence-electron chi connectivity index (χ2n) is 3.29. The molecule has 2 heterocycles. The van der Waals surface area contributed by atoms with Crippen molar-refractivity contribution in [2.75, 3.05) is 26.4 Å². The summed E-state index contributed by atoms with van der Waals surface area (Å²) in [6.07, 6.45) is 2.38. The first-order chi connectivity index (χ1) is 5.41. The maximum atomic E-state index is 3.47. The molecule has 0 saturated carbocycles. The van der Waals surface area contributed by atoms with Gasteiger partial charge in [0, 0.05) is 13.3 Å². The molecule has 64 valence electrons. The van der Waals surface area contributed by atoms with Crippen LogP contribution >= 0.6 is 0 Å². The Bertz CT molecular complexity index is 105. The molecule has 2 aliphatic heterocycles. The van der Waals surface area contributed by atoms with E-state index in [1.165, 1.54) is 12.8 Å². The van der Waals surface area contributed by atoms with Gasteiger partial charge in [-0.15, -0.1) is 0 Å². The van der Waals surface area contributed by atoms with E-state index in [0.29, 0.717) is 0 Å². The molecule has 2 aliphatic rings. The smallest absolute Gasteiger partial charge is 0.0731 e. The van der Waals surface area contributed by atoms with E-state index in [1.807, 2.05) is 0 Å². The molecule has 0 unspecified atom stereocenters. The molecule has 0 bridgehead atoms. The number of hydrogen-bond donors (Lipinski definition) is 4. The van der Waals surface area contributed by atoms with Gasteiger partial charge in [-0.2, -0.15) is 0 Å². The molecule has 2 saturated heterocycles. The largest absolute Gasteiger partial charge is 0.316 e. The van der Waals surface area contributed by atoms with E-state index in [-0.39, 0.29) is 5.66 Å². The minimum atomic E-state index is 0.233. The Labute approximate surface area is 67.1 Å². The quantitative estimate of drug-likeness (QED) is 0.354. The summed E-state index contributed by atoms with van der Waals surface area (Å²) in [6, 6.07) is 0. The van der Waals surface area contributed by atoms with Crippen LogP contribution in [-0.2, 0) is 0 Å². The predicted octanol–water partition coefficient (Wildman–Crippen LogP) is -1.24. The maximum Gasteiger partial charge on any atom is 0.0731 e. The molecular formula is C7H16N4. The van der Waals surface area contributed by atoms with Crippen LogP contribution in [0.25, 0.3) is 0 Å². The van der Waals surface area contributed by atoms with Crippen molar-refractivity contribution >= 4 is 0 Å². The first-order valence-electron chi connectivity index (χ1n) is 4.33. The zero-order chi connectivity index (χ0) is 7.57. The lowest BCUT2D eigenvalue weighted by molar-refractivity contribution is 0.152. The van der Waals surface area contributed by atoms with Gasteiger partial charge in [0.05, 0.1) is 5.66 Å². The van der Waals surface area contributed by atoms with Gasteiger partial charge in [-0.05, 0) is 25.9 Å². The summed E-state index contributed by atoms with van der Waals surface area (Å²) >= 11 is 0. The molecule has 2 rings (SSSR count). The Kier molecular flexibility index (Phi) is 2.09. The summed E-state index contributed by atoms with van der Waals surface area (Å²) < 4.78 is 0. The van der Waals surface area contributed by atoms with Crippen LogP contribution in [0.2, 0.25) is 0 Å². The normalized spacial score (nSPS) is 30.5. The van der Waals surface area contributed by atoms with Crippen molar-refractivity contribution in [1.82, 2.24) is 21.3 Å². The minimum absolute atomic E-state index is 0.233. The summed E-state index contributed by atoms with van der Waals surface area (Å²) in [7, 11) is 0. The zero-order valence-electron chi connectivity index (χ0n) is 6.74. The summed E-state index contributed by atoms with van der Waals surface area (Å²) in [5.41, 5.74) is 0.233. The van der Waals surface area contributed by atoms with Gasteiger partial charge in [0.25, 0.3) is 0 Å². The predicted molar refractivity (Wildman–Crippen MR) is 44.0 cm³/mol. The minimum Gasteiger partial charge on any atom is -0.316 e. The van der Waals surface area contributed by atoms with E-state index < -0.39 is 0 Å². The zero-order valence-corrected chi connectivity index (χ0v) is 6.74. The van der Waals surface area contributed by atoms with Crippen molar-refractivity contribution in [3.8, 4) is 0 Å². The molecule has 0 aromatic carbocycles. The number of rotatable bonds is 0. The lowest BCUT2D eigenvalue weighted by Gasteiger charge is -2.42. The second kappa shape index (κ2) is 3.06. The van der Waals surface area contributed by atoms with Crippen molar-refractivity contribution in [1.29, 1.82) is 0 Å². The van der Waals surface area contributed by atoms with Gasteiger partial charge in [0.15, 0.2) is 0 Å². The van der Waals surface area contributed by atoms with Gasteiger partial charge in [0.2, 0.25) is 0 Å². The summed E-state index contributed by atoms with van der Waals surface area (Å²) in [5.74, 6) is 0. The summed E-state index contributed by atoms with van der Waals surface area (Å²) in [4.78, 5) is 0. The molecule has 4 N–H and O–H groups in total. The SMILES string of the molecule is C1CC2(CCN1)NCNCN2. The molecular weight excluding hydrogens is 140 g/mol. The van der Waals surface area contributed by atoms with E-state index >= 15 is 0 Å². The van der Waals surface area contributed by atoms with E-state index in [4.69, 9.17) is 0 Å².